The Bertz CT molecular complexity index is 587. The number of ether oxygens (including phenoxy) is 2. The van der Waals surface area contributed by atoms with Gasteiger partial charge in [0.05, 0.1) is 24.4 Å². The highest BCUT2D eigenvalue weighted by Crippen LogP contribution is 2.29. The molecule has 3 rings (SSSR count). The fourth-order valence-corrected chi connectivity index (χ4v) is 2.56. The number of fused-ring (bicyclic) bond motifs is 1. The van der Waals surface area contributed by atoms with Crippen LogP contribution in [0.5, 0.6) is 5.75 Å². The number of benzene rings is 1. The number of hydrogen-bond donors (Lipinski definition) is 1. The molecule has 1 saturated heterocycles. The summed E-state index contributed by atoms with van der Waals surface area (Å²) in [6, 6.07) is 5.14. The fourth-order valence-electron chi connectivity index (χ4n) is 2.56. The van der Waals surface area contributed by atoms with Crippen LogP contribution < -0.4 is 10.1 Å². The van der Waals surface area contributed by atoms with Crippen LogP contribution in [0, 0.1) is 0 Å². The fraction of sp³-hybridized carbons (Fsp3) is 0.467. The van der Waals surface area contributed by atoms with E-state index >= 15 is 0 Å². The van der Waals surface area contributed by atoms with E-state index in [0.717, 1.165) is 0 Å². The molecule has 6 heteroatoms. The smallest absolute Gasteiger partial charge is 0.262 e. The van der Waals surface area contributed by atoms with E-state index in [-0.39, 0.29) is 30.6 Å². The number of rotatable bonds is 1. The third kappa shape index (κ3) is 2.71. The third-order valence-corrected chi connectivity index (χ3v) is 3.73. The van der Waals surface area contributed by atoms with Crippen molar-refractivity contribution in [3.05, 3.63) is 23.8 Å². The van der Waals surface area contributed by atoms with Crippen LogP contribution in [0.1, 0.15) is 24.2 Å². The molecule has 1 aromatic rings. The van der Waals surface area contributed by atoms with Gasteiger partial charge < -0.3 is 19.7 Å². The van der Waals surface area contributed by atoms with E-state index in [1.165, 1.54) is 0 Å². The number of amides is 2. The van der Waals surface area contributed by atoms with Crippen LogP contribution >= 0.6 is 0 Å². The number of morpholine rings is 1. The minimum atomic E-state index is -0.183. The average molecular weight is 290 g/mol. The lowest BCUT2D eigenvalue weighted by Crippen LogP contribution is -2.50. The van der Waals surface area contributed by atoms with Crippen molar-refractivity contribution >= 4 is 17.5 Å². The van der Waals surface area contributed by atoms with Crippen LogP contribution in [0.15, 0.2) is 18.2 Å². The van der Waals surface area contributed by atoms with Crippen molar-refractivity contribution in [2.45, 2.75) is 26.0 Å². The van der Waals surface area contributed by atoms with Gasteiger partial charge in [-0.25, -0.2) is 0 Å². The largest absolute Gasteiger partial charge is 0.482 e. The third-order valence-electron chi connectivity index (χ3n) is 3.73. The van der Waals surface area contributed by atoms with Crippen LogP contribution in [-0.2, 0) is 9.53 Å². The Balaban J connectivity index is 1.83. The molecule has 0 aromatic heterocycles. The summed E-state index contributed by atoms with van der Waals surface area (Å²) in [5, 5.41) is 2.71. The molecule has 21 heavy (non-hydrogen) atoms. The normalized spacial score (nSPS) is 24.9. The van der Waals surface area contributed by atoms with E-state index in [1.54, 1.807) is 18.2 Å². The summed E-state index contributed by atoms with van der Waals surface area (Å²) in [6.07, 6.45) is 0.0401. The van der Waals surface area contributed by atoms with Crippen LogP contribution in [0.2, 0.25) is 0 Å². The molecular formula is C15H18N2O4. The molecule has 2 atom stereocenters. The summed E-state index contributed by atoms with van der Waals surface area (Å²) in [7, 11) is 0. The number of nitrogens with zero attached hydrogens (tertiary/aromatic N) is 1. The van der Waals surface area contributed by atoms with Gasteiger partial charge in [-0.2, -0.15) is 0 Å². The van der Waals surface area contributed by atoms with E-state index in [2.05, 4.69) is 5.32 Å². The molecule has 0 unspecified atom stereocenters. The highest BCUT2D eigenvalue weighted by atomic mass is 16.5. The van der Waals surface area contributed by atoms with Gasteiger partial charge in [0, 0.05) is 12.1 Å². The molecule has 2 aliphatic rings. The first-order valence-corrected chi connectivity index (χ1v) is 7.04. The molecule has 1 N–H and O–H groups in total. The van der Waals surface area contributed by atoms with Crippen molar-refractivity contribution in [2.75, 3.05) is 25.1 Å². The van der Waals surface area contributed by atoms with E-state index in [9.17, 15) is 9.59 Å². The second-order valence-corrected chi connectivity index (χ2v) is 5.50. The molecule has 2 aliphatic heterocycles. The first-order valence-electron chi connectivity index (χ1n) is 7.04. The Morgan fingerprint density at radius 3 is 3.00 bits per heavy atom. The number of carbonyl (C=O) groups is 2. The summed E-state index contributed by atoms with van der Waals surface area (Å²) in [4.78, 5) is 25.7. The van der Waals surface area contributed by atoms with Gasteiger partial charge in [0.1, 0.15) is 5.75 Å². The number of nitrogens with one attached hydrogen (secondary N) is 1. The van der Waals surface area contributed by atoms with E-state index in [4.69, 9.17) is 9.47 Å². The lowest BCUT2D eigenvalue weighted by Gasteiger charge is -2.37. The maximum atomic E-state index is 12.6. The molecule has 0 aliphatic carbocycles. The SMILES string of the molecule is C[C@@H]1CN(C(=O)c2ccc3c(c2)OCC(=O)N3)[C@H](C)CO1. The Hall–Kier alpha value is -2.08. The summed E-state index contributed by atoms with van der Waals surface area (Å²) in [5.41, 5.74) is 1.16. The van der Waals surface area contributed by atoms with Crippen molar-refractivity contribution in [1.29, 1.82) is 0 Å². The maximum absolute atomic E-state index is 12.6. The monoisotopic (exact) mass is 290 g/mol. The molecule has 1 fully saturated rings. The molecule has 0 bridgehead atoms. The lowest BCUT2D eigenvalue weighted by molar-refractivity contribution is -0.118. The lowest BCUT2D eigenvalue weighted by atomic mass is 10.1. The molecule has 0 radical (unpaired) electrons. The van der Waals surface area contributed by atoms with Crippen LogP contribution in [0.3, 0.4) is 0 Å². The van der Waals surface area contributed by atoms with Crippen molar-refractivity contribution in [3.8, 4) is 5.75 Å². The number of hydrogen-bond acceptors (Lipinski definition) is 4. The average Bonchev–Trinajstić information content (AvgIpc) is 2.48. The highest BCUT2D eigenvalue weighted by molar-refractivity contribution is 5.99. The maximum Gasteiger partial charge on any atom is 0.262 e. The molecule has 0 saturated carbocycles. The topological polar surface area (TPSA) is 67.9 Å². The Kier molecular flexibility index (Phi) is 3.55. The Morgan fingerprint density at radius 2 is 2.19 bits per heavy atom. The van der Waals surface area contributed by atoms with Crippen molar-refractivity contribution in [1.82, 2.24) is 4.90 Å². The minimum Gasteiger partial charge on any atom is -0.482 e. The Labute approximate surface area is 123 Å². The number of anilines is 1. The second kappa shape index (κ2) is 5.37. The molecule has 6 nitrogen and oxygen atoms in total. The highest BCUT2D eigenvalue weighted by Gasteiger charge is 2.29. The summed E-state index contributed by atoms with van der Waals surface area (Å²) in [6.45, 7) is 5.03. The Morgan fingerprint density at radius 1 is 1.38 bits per heavy atom. The van der Waals surface area contributed by atoms with Gasteiger partial charge in [-0.15, -0.1) is 0 Å². The molecule has 2 amide bonds. The van der Waals surface area contributed by atoms with Crippen LogP contribution in [-0.4, -0.2) is 48.6 Å². The first-order chi connectivity index (χ1) is 10.0. The predicted octanol–water partition coefficient (Wildman–Crippen LogP) is 1.27. The molecule has 112 valence electrons. The standard InChI is InChI=1S/C15H18N2O4/c1-9-7-20-10(2)6-17(9)15(19)11-3-4-12-13(5-11)21-8-14(18)16-12/h3-5,9-10H,6-8H2,1-2H3,(H,16,18)/t9-,10-/m1/s1. The number of carbonyl (C=O) groups excluding carboxylic acids is 2. The van der Waals surface area contributed by atoms with Crippen LogP contribution in [0.25, 0.3) is 0 Å². The zero-order valence-corrected chi connectivity index (χ0v) is 12.1. The van der Waals surface area contributed by atoms with Crippen molar-refractivity contribution < 1.29 is 19.1 Å². The quantitative estimate of drug-likeness (QED) is 0.845. The summed E-state index contributed by atoms with van der Waals surface area (Å²) in [5.74, 6) is 0.313. The molecule has 0 spiro atoms. The van der Waals surface area contributed by atoms with Gasteiger partial charge in [-0.3, -0.25) is 9.59 Å². The van der Waals surface area contributed by atoms with Crippen molar-refractivity contribution in [2.24, 2.45) is 0 Å². The van der Waals surface area contributed by atoms with Crippen molar-refractivity contribution in [3.63, 3.8) is 0 Å². The van der Waals surface area contributed by atoms with Gasteiger partial charge >= 0.3 is 0 Å². The van der Waals surface area contributed by atoms with Crippen LogP contribution in [0.4, 0.5) is 5.69 Å². The van der Waals surface area contributed by atoms with E-state index in [1.807, 2.05) is 18.7 Å². The zero-order valence-electron chi connectivity index (χ0n) is 12.1. The van der Waals surface area contributed by atoms with Gasteiger partial charge in [-0.05, 0) is 32.0 Å². The minimum absolute atomic E-state index is 0.0182. The van der Waals surface area contributed by atoms with E-state index < -0.39 is 0 Å². The molecule has 2 heterocycles. The molecule has 1 aromatic carbocycles. The summed E-state index contributed by atoms with van der Waals surface area (Å²) >= 11 is 0. The van der Waals surface area contributed by atoms with E-state index in [0.29, 0.717) is 30.2 Å². The predicted molar refractivity (Wildman–Crippen MR) is 76.5 cm³/mol. The zero-order chi connectivity index (χ0) is 15.0. The van der Waals surface area contributed by atoms with Gasteiger partial charge in [0.15, 0.2) is 6.61 Å². The van der Waals surface area contributed by atoms with Gasteiger partial charge in [-0.1, -0.05) is 0 Å². The molecular weight excluding hydrogens is 272 g/mol. The van der Waals surface area contributed by atoms with Gasteiger partial charge in [0.25, 0.3) is 11.8 Å². The van der Waals surface area contributed by atoms with Gasteiger partial charge in [0.2, 0.25) is 0 Å². The second-order valence-electron chi connectivity index (χ2n) is 5.50. The first kappa shape index (κ1) is 13.9. The summed E-state index contributed by atoms with van der Waals surface area (Å²) < 4.78 is 10.9.